The molecule has 6 rings (SSSR count). The van der Waals surface area contributed by atoms with Gasteiger partial charge in [-0.1, -0.05) is 54.1 Å². The summed E-state index contributed by atoms with van der Waals surface area (Å²) in [6.45, 7) is 1.39. The number of aromatic nitrogens is 2. The van der Waals surface area contributed by atoms with E-state index in [9.17, 15) is 4.79 Å². The highest BCUT2D eigenvalue weighted by molar-refractivity contribution is 6.30. The molecule has 1 N–H and O–H groups in total. The molecule has 3 fully saturated rings. The van der Waals surface area contributed by atoms with Crippen LogP contribution in [0.25, 0.3) is 11.3 Å². The Kier molecular flexibility index (Phi) is 5.58. The summed E-state index contributed by atoms with van der Waals surface area (Å²) in [5.74, 6) is 0.886. The first-order valence-electron chi connectivity index (χ1n) is 11.3. The summed E-state index contributed by atoms with van der Waals surface area (Å²) in [5, 5.41) is 8.72. The Bertz CT molecular complexity index is 1040. The molecule has 0 unspecified atom stereocenters. The smallest absolute Gasteiger partial charge is 0.255 e. The van der Waals surface area contributed by atoms with Gasteiger partial charge < -0.3 is 5.32 Å². The quantitative estimate of drug-likeness (QED) is 0.522. The maximum atomic E-state index is 13.3. The zero-order valence-electron chi connectivity index (χ0n) is 17.7. The van der Waals surface area contributed by atoms with E-state index < -0.39 is 0 Å². The lowest BCUT2D eigenvalue weighted by molar-refractivity contribution is 0.0597. The van der Waals surface area contributed by atoms with Gasteiger partial charge >= 0.3 is 0 Å². The maximum Gasteiger partial charge on any atom is 0.255 e. The van der Waals surface area contributed by atoms with E-state index in [-0.39, 0.29) is 5.91 Å². The Labute approximate surface area is 188 Å². The van der Waals surface area contributed by atoms with Gasteiger partial charge in [-0.3, -0.25) is 9.48 Å². The summed E-state index contributed by atoms with van der Waals surface area (Å²) in [6, 6.07) is 17.7. The lowest BCUT2D eigenvalue weighted by atomic mass is 9.61. The maximum absolute atomic E-state index is 13.3. The lowest BCUT2D eigenvalue weighted by Crippen LogP contribution is -2.43. The number of nitrogens with zero attached hydrogens (tertiary/aromatic N) is 2. The molecule has 4 nitrogen and oxygen atoms in total. The zero-order chi connectivity index (χ0) is 21.3. The van der Waals surface area contributed by atoms with E-state index in [1.807, 2.05) is 53.3 Å². The number of carbonyl (C=O) groups is 1. The number of amides is 1. The van der Waals surface area contributed by atoms with Crippen LogP contribution >= 0.6 is 11.6 Å². The van der Waals surface area contributed by atoms with Gasteiger partial charge in [0, 0.05) is 23.3 Å². The highest BCUT2D eigenvalue weighted by atomic mass is 35.5. The van der Waals surface area contributed by atoms with Crippen molar-refractivity contribution in [2.24, 2.45) is 11.3 Å². The molecular formula is C26H28ClN3O. The Morgan fingerprint density at radius 2 is 1.71 bits per heavy atom. The minimum atomic E-state index is -0.0358. The third-order valence-electron chi connectivity index (χ3n) is 7.18. The van der Waals surface area contributed by atoms with Crippen molar-refractivity contribution in [1.29, 1.82) is 0 Å². The molecule has 3 saturated carbocycles. The van der Waals surface area contributed by atoms with E-state index in [1.54, 1.807) is 0 Å². The van der Waals surface area contributed by atoms with E-state index in [1.165, 1.54) is 38.5 Å². The average Bonchev–Trinajstić information content (AvgIpc) is 3.24. The van der Waals surface area contributed by atoms with Gasteiger partial charge in [0.05, 0.1) is 12.1 Å². The fourth-order valence-electron chi connectivity index (χ4n) is 5.23. The fraction of sp³-hybridized carbons (Fsp3) is 0.385. The molecule has 0 radical (unpaired) electrons. The summed E-state index contributed by atoms with van der Waals surface area (Å²) >= 11 is 6.08. The number of hydrogen-bond donors (Lipinski definition) is 1. The topological polar surface area (TPSA) is 46.9 Å². The van der Waals surface area contributed by atoms with E-state index in [4.69, 9.17) is 16.7 Å². The molecule has 160 valence electrons. The normalized spacial score (nSPS) is 22.4. The van der Waals surface area contributed by atoms with E-state index >= 15 is 0 Å². The molecule has 0 aliphatic heterocycles. The molecule has 5 heteroatoms. The van der Waals surface area contributed by atoms with Crippen LogP contribution in [0.4, 0.5) is 0 Å². The number of hydrogen-bond acceptors (Lipinski definition) is 2. The van der Waals surface area contributed by atoms with Crippen LogP contribution in [0.1, 0.15) is 54.4 Å². The molecule has 2 bridgehead atoms. The standard InChI is InChI=1S/C26H28ClN3O/c27-22-8-6-21(7-9-22)24-23(17-30(29-24)16-20-4-2-1-3-5-20)25(31)28-18-26-13-10-19(11-14-26)12-15-26/h1-9,17,19H,10-16,18H2,(H,28,31). The second-order valence-electron chi connectivity index (χ2n) is 9.25. The summed E-state index contributed by atoms with van der Waals surface area (Å²) in [6.07, 6.45) is 9.57. The van der Waals surface area contributed by atoms with Crippen LogP contribution in [-0.2, 0) is 6.54 Å². The van der Waals surface area contributed by atoms with Gasteiger partial charge in [0.25, 0.3) is 5.91 Å². The van der Waals surface area contributed by atoms with Crippen LogP contribution < -0.4 is 5.32 Å². The van der Waals surface area contributed by atoms with Gasteiger partial charge in [-0.25, -0.2) is 0 Å². The first-order chi connectivity index (χ1) is 15.1. The molecular weight excluding hydrogens is 406 g/mol. The first kappa shape index (κ1) is 20.3. The van der Waals surface area contributed by atoms with Crippen LogP contribution in [0.5, 0.6) is 0 Å². The predicted molar refractivity (Wildman–Crippen MR) is 124 cm³/mol. The molecule has 0 spiro atoms. The van der Waals surface area contributed by atoms with Crippen LogP contribution in [0.15, 0.2) is 60.8 Å². The highest BCUT2D eigenvalue weighted by Crippen LogP contribution is 2.49. The Morgan fingerprint density at radius 1 is 1.03 bits per heavy atom. The predicted octanol–water partition coefficient (Wildman–Crippen LogP) is 5.95. The fourth-order valence-corrected chi connectivity index (χ4v) is 5.35. The van der Waals surface area contributed by atoms with E-state index in [2.05, 4.69) is 17.4 Å². The largest absolute Gasteiger partial charge is 0.351 e. The van der Waals surface area contributed by atoms with Gasteiger partial charge in [-0.2, -0.15) is 5.10 Å². The Balaban J connectivity index is 1.40. The number of nitrogens with one attached hydrogen (secondary N) is 1. The minimum Gasteiger partial charge on any atom is -0.351 e. The summed E-state index contributed by atoms with van der Waals surface area (Å²) < 4.78 is 1.86. The van der Waals surface area contributed by atoms with Crippen LogP contribution in [0.2, 0.25) is 5.02 Å². The van der Waals surface area contributed by atoms with Crippen molar-refractivity contribution in [3.63, 3.8) is 0 Å². The van der Waals surface area contributed by atoms with Gasteiger partial charge in [0.2, 0.25) is 0 Å². The van der Waals surface area contributed by atoms with Crippen LogP contribution in [0, 0.1) is 11.3 Å². The summed E-state index contributed by atoms with van der Waals surface area (Å²) in [4.78, 5) is 13.3. The Hall–Kier alpha value is -2.59. The van der Waals surface area contributed by atoms with Gasteiger partial charge in [0.15, 0.2) is 0 Å². The van der Waals surface area contributed by atoms with Crippen LogP contribution in [-0.4, -0.2) is 22.2 Å². The second-order valence-corrected chi connectivity index (χ2v) is 9.68. The molecule has 3 aliphatic rings. The molecule has 3 aliphatic carbocycles. The van der Waals surface area contributed by atoms with Crippen molar-refractivity contribution in [3.8, 4) is 11.3 Å². The molecule has 0 saturated heterocycles. The number of rotatable bonds is 6. The average molecular weight is 434 g/mol. The second kappa shape index (κ2) is 8.51. The van der Waals surface area contributed by atoms with Gasteiger partial charge in [-0.15, -0.1) is 0 Å². The lowest BCUT2D eigenvalue weighted by Gasteiger charge is -2.46. The molecule has 2 aromatic carbocycles. The van der Waals surface area contributed by atoms with Crippen molar-refractivity contribution in [1.82, 2.24) is 15.1 Å². The monoisotopic (exact) mass is 433 g/mol. The van der Waals surface area contributed by atoms with Gasteiger partial charge in [0.1, 0.15) is 5.69 Å². The van der Waals surface area contributed by atoms with E-state index in [0.717, 1.165) is 23.6 Å². The van der Waals surface area contributed by atoms with Crippen molar-refractivity contribution in [2.45, 2.75) is 45.1 Å². The van der Waals surface area contributed by atoms with Crippen LogP contribution in [0.3, 0.4) is 0 Å². The Morgan fingerprint density at radius 3 is 2.39 bits per heavy atom. The summed E-state index contributed by atoms with van der Waals surface area (Å²) in [5.41, 5.74) is 3.68. The first-order valence-corrected chi connectivity index (χ1v) is 11.6. The molecule has 31 heavy (non-hydrogen) atoms. The molecule has 3 aromatic rings. The number of carbonyl (C=O) groups excluding carboxylic acids is 1. The van der Waals surface area contributed by atoms with Gasteiger partial charge in [-0.05, 0) is 67.6 Å². The highest BCUT2D eigenvalue weighted by Gasteiger charge is 2.40. The minimum absolute atomic E-state index is 0.0358. The zero-order valence-corrected chi connectivity index (χ0v) is 18.4. The number of fused-ring (bicyclic) bond motifs is 3. The van der Waals surface area contributed by atoms with E-state index in [0.29, 0.717) is 28.2 Å². The number of benzene rings is 2. The van der Waals surface area contributed by atoms with Crippen molar-refractivity contribution < 1.29 is 4.79 Å². The molecule has 1 heterocycles. The molecule has 1 amide bonds. The van der Waals surface area contributed by atoms with Crippen molar-refractivity contribution in [3.05, 3.63) is 76.9 Å². The van der Waals surface area contributed by atoms with Crippen molar-refractivity contribution in [2.75, 3.05) is 6.54 Å². The molecule has 0 atom stereocenters. The SMILES string of the molecule is O=C(NCC12CCC(CC1)CC2)c1cn(Cc2ccccc2)nc1-c1ccc(Cl)cc1. The summed E-state index contributed by atoms with van der Waals surface area (Å²) in [7, 11) is 0. The third-order valence-corrected chi connectivity index (χ3v) is 7.44. The third kappa shape index (κ3) is 4.40. The number of halogens is 1. The molecule has 1 aromatic heterocycles. The van der Waals surface area contributed by atoms with Crippen molar-refractivity contribution >= 4 is 17.5 Å².